The highest BCUT2D eigenvalue weighted by molar-refractivity contribution is 5.99. The first kappa shape index (κ1) is 18.0. The molecule has 2 N–H and O–H groups in total. The van der Waals surface area contributed by atoms with Gasteiger partial charge in [0.25, 0.3) is 0 Å². The maximum Gasteiger partial charge on any atom is 0.246 e. The van der Waals surface area contributed by atoms with Crippen molar-refractivity contribution in [1.82, 2.24) is 15.2 Å². The summed E-state index contributed by atoms with van der Waals surface area (Å²) in [5, 5.41) is 4.16. The van der Waals surface area contributed by atoms with Crippen molar-refractivity contribution in [3.05, 3.63) is 71.4 Å². The number of benzene rings is 2. The average molecular weight is 387 g/mol. The van der Waals surface area contributed by atoms with Gasteiger partial charge in [-0.2, -0.15) is 0 Å². The first-order valence-electron chi connectivity index (χ1n) is 10.3. The van der Waals surface area contributed by atoms with E-state index in [4.69, 9.17) is 0 Å². The lowest BCUT2D eigenvalue weighted by Crippen LogP contribution is -2.66. The molecule has 0 bridgehead atoms. The van der Waals surface area contributed by atoms with Crippen molar-refractivity contribution >= 4 is 22.7 Å². The Bertz CT molecular complexity index is 1090. The number of aromatic nitrogens is 1. The van der Waals surface area contributed by atoms with Crippen LogP contribution in [0.15, 0.2) is 54.6 Å². The quantitative estimate of drug-likeness (QED) is 0.724. The molecule has 0 radical (unpaired) electrons. The molecule has 2 amide bonds. The van der Waals surface area contributed by atoms with Crippen LogP contribution in [0.2, 0.25) is 0 Å². The summed E-state index contributed by atoms with van der Waals surface area (Å²) in [6.07, 6.45) is 1.07. The summed E-state index contributed by atoms with van der Waals surface area (Å²) in [5.74, 6) is 0.158. The van der Waals surface area contributed by atoms with Crippen LogP contribution in [0.3, 0.4) is 0 Å². The van der Waals surface area contributed by atoms with E-state index in [0.29, 0.717) is 12.8 Å². The lowest BCUT2D eigenvalue weighted by molar-refractivity contribution is -0.154. The number of rotatable bonds is 3. The van der Waals surface area contributed by atoms with Gasteiger partial charge < -0.3 is 15.2 Å². The van der Waals surface area contributed by atoms with Crippen molar-refractivity contribution in [2.75, 3.05) is 0 Å². The average Bonchev–Trinajstić information content (AvgIpc) is 3.09. The summed E-state index contributed by atoms with van der Waals surface area (Å²) in [6, 6.07) is 17.0. The minimum Gasteiger partial charge on any atom is -0.356 e. The van der Waals surface area contributed by atoms with E-state index in [1.165, 1.54) is 5.56 Å². The first-order chi connectivity index (χ1) is 14.0. The molecule has 1 saturated heterocycles. The third kappa shape index (κ3) is 2.84. The Kier molecular flexibility index (Phi) is 4.19. The normalized spacial score (nSPS) is 23.8. The number of carbonyl (C=O) groups is 2. The Morgan fingerprint density at radius 1 is 1.03 bits per heavy atom. The zero-order valence-electron chi connectivity index (χ0n) is 16.7. The molecule has 29 heavy (non-hydrogen) atoms. The molecule has 0 aliphatic carbocycles. The van der Waals surface area contributed by atoms with Crippen molar-refractivity contribution in [3.8, 4) is 0 Å². The number of para-hydroxylation sites is 1. The molecule has 5 nitrogen and oxygen atoms in total. The number of carbonyl (C=O) groups excluding carboxylic acids is 2. The zero-order valence-corrected chi connectivity index (χ0v) is 16.7. The van der Waals surface area contributed by atoms with Gasteiger partial charge in [-0.25, -0.2) is 0 Å². The SMILES string of the molecule is CC(C)C1c2[nH]c3ccccc3c2C[C@H]2C(=O)NC(Cc3ccccc3)C(=O)N12. The highest BCUT2D eigenvalue weighted by Gasteiger charge is 2.49. The number of piperazine rings is 1. The fraction of sp³-hybridized carbons (Fsp3) is 0.333. The van der Waals surface area contributed by atoms with Crippen molar-refractivity contribution in [2.24, 2.45) is 5.92 Å². The molecule has 2 aliphatic heterocycles. The van der Waals surface area contributed by atoms with Crippen LogP contribution in [-0.2, 0) is 22.4 Å². The fourth-order valence-electron chi connectivity index (χ4n) is 4.98. The standard InChI is InChI=1S/C24H25N3O2/c1-14(2)22-21-17(16-10-6-7-11-18(16)25-21)13-20-23(28)26-19(24(29)27(20)22)12-15-8-4-3-5-9-15/h3-11,14,19-20,22,25H,12-13H2,1-2H3,(H,26,28)/t19?,20-,22?/m0/s1. The predicted octanol–water partition coefficient (Wildman–Crippen LogP) is 3.36. The largest absolute Gasteiger partial charge is 0.356 e. The van der Waals surface area contributed by atoms with Crippen molar-refractivity contribution < 1.29 is 9.59 Å². The van der Waals surface area contributed by atoms with Gasteiger partial charge in [0.1, 0.15) is 12.1 Å². The molecule has 3 heterocycles. The van der Waals surface area contributed by atoms with Gasteiger partial charge in [0.05, 0.1) is 6.04 Å². The summed E-state index contributed by atoms with van der Waals surface area (Å²) in [5.41, 5.74) is 4.37. The summed E-state index contributed by atoms with van der Waals surface area (Å²) >= 11 is 0. The van der Waals surface area contributed by atoms with Crippen LogP contribution in [-0.4, -0.2) is 33.8 Å². The maximum atomic E-state index is 13.5. The summed E-state index contributed by atoms with van der Waals surface area (Å²) in [7, 11) is 0. The molecule has 5 heteroatoms. The van der Waals surface area contributed by atoms with E-state index in [1.54, 1.807) is 0 Å². The summed E-state index contributed by atoms with van der Waals surface area (Å²) < 4.78 is 0. The van der Waals surface area contributed by atoms with E-state index in [9.17, 15) is 9.59 Å². The van der Waals surface area contributed by atoms with E-state index in [-0.39, 0.29) is 23.8 Å². The number of nitrogens with zero attached hydrogens (tertiary/aromatic N) is 1. The van der Waals surface area contributed by atoms with E-state index in [2.05, 4.69) is 36.3 Å². The third-order valence-electron chi connectivity index (χ3n) is 6.26. The first-order valence-corrected chi connectivity index (χ1v) is 10.3. The molecule has 1 fully saturated rings. The highest BCUT2D eigenvalue weighted by Crippen LogP contribution is 2.42. The lowest BCUT2D eigenvalue weighted by atomic mass is 9.83. The van der Waals surface area contributed by atoms with Crippen LogP contribution in [0.25, 0.3) is 10.9 Å². The number of nitrogens with one attached hydrogen (secondary N) is 2. The molecule has 148 valence electrons. The van der Waals surface area contributed by atoms with Crippen LogP contribution in [0.4, 0.5) is 0 Å². The van der Waals surface area contributed by atoms with Crippen LogP contribution in [0.5, 0.6) is 0 Å². The molecule has 3 atom stereocenters. The highest BCUT2D eigenvalue weighted by atomic mass is 16.2. The minimum atomic E-state index is -0.520. The van der Waals surface area contributed by atoms with E-state index < -0.39 is 12.1 Å². The lowest BCUT2D eigenvalue weighted by Gasteiger charge is -2.47. The van der Waals surface area contributed by atoms with Gasteiger partial charge in [0.2, 0.25) is 11.8 Å². The molecule has 2 aromatic carbocycles. The van der Waals surface area contributed by atoms with Crippen molar-refractivity contribution in [1.29, 1.82) is 0 Å². The Morgan fingerprint density at radius 2 is 1.76 bits per heavy atom. The third-order valence-corrected chi connectivity index (χ3v) is 6.26. The number of H-pyrrole nitrogens is 1. The van der Waals surface area contributed by atoms with Gasteiger partial charge in [0.15, 0.2) is 0 Å². The second-order valence-electron chi connectivity index (χ2n) is 8.47. The van der Waals surface area contributed by atoms with Crippen LogP contribution in [0, 0.1) is 5.92 Å². The number of aromatic amines is 1. The Labute approximate surface area is 170 Å². The second-order valence-corrected chi connectivity index (χ2v) is 8.47. The fourth-order valence-corrected chi connectivity index (χ4v) is 4.98. The molecule has 3 aromatic rings. The predicted molar refractivity (Wildman–Crippen MR) is 112 cm³/mol. The Morgan fingerprint density at radius 3 is 2.52 bits per heavy atom. The molecule has 1 aromatic heterocycles. The monoisotopic (exact) mass is 387 g/mol. The number of hydrogen-bond acceptors (Lipinski definition) is 2. The maximum absolute atomic E-state index is 13.5. The van der Waals surface area contributed by atoms with Crippen molar-refractivity contribution in [2.45, 2.75) is 44.8 Å². The van der Waals surface area contributed by atoms with E-state index in [0.717, 1.165) is 22.2 Å². The molecular formula is C24H25N3O2. The molecular weight excluding hydrogens is 362 g/mol. The van der Waals surface area contributed by atoms with Crippen LogP contribution >= 0.6 is 0 Å². The van der Waals surface area contributed by atoms with Gasteiger partial charge >= 0.3 is 0 Å². The van der Waals surface area contributed by atoms with Gasteiger partial charge in [-0.05, 0) is 23.1 Å². The molecule has 0 saturated carbocycles. The zero-order chi connectivity index (χ0) is 20.1. The van der Waals surface area contributed by atoms with E-state index >= 15 is 0 Å². The Hall–Kier alpha value is -3.08. The number of fused-ring (bicyclic) bond motifs is 4. The molecule has 2 aliphatic rings. The number of amides is 2. The smallest absolute Gasteiger partial charge is 0.246 e. The van der Waals surface area contributed by atoms with Gasteiger partial charge in [-0.15, -0.1) is 0 Å². The second kappa shape index (κ2) is 6.76. The summed E-state index contributed by atoms with van der Waals surface area (Å²) in [4.78, 5) is 32.1. The van der Waals surface area contributed by atoms with Crippen LogP contribution < -0.4 is 5.32 Å². The van der Waals surface area contributed by atoms with Crippen molar-refractivity contribution in [3.63, 3.8) is 0 Å². The Balaban J connectivity index is 1.57. The minimum absolute atomic E-state index is 0.0152. The molecule has 5 rings (SSSR count). The van der Waals surface area contributed by atoms with Crippen LogP contribution in [0.1, 0.15) is 36.7 Å². The topological polar surface area (TPSA) is 65.2 Å². The van der Waals surface area contributed by atoms with Gasteiger partial charge in [0, 0.05) is 29.4 Å². The summed E-state index contributed by atoms with van der Waals surface area (Å²) in [6.45, 7) is 4.24. The molecule has 2 unspecified atom stereocenters. The van der Waals surface area contributed by atoms with Gasteiger partial charge in [-0.1, -0.05) is 62.4 Å². The molecule has 0 spiro atoms. The van der Waals surface area contributed by atoms with Gasteiger partial charge in [-0.3, -0.25) is 9.59 Å². The van der Waals surface area contributed by atoms with E-state index in [1.807, 2.05) is 47.4 Å². The number of hydrogen-bond donors (Lipinski definition) is 2.